The lowest BCUT2D eigenvalue weighted by Crippen LogP contribution is -2.45. The second kappa shape index (κ2) is 21.9. The molecule has 3 amide bonds. The summed E-state index contributed by atoms with van der Waals surface area (Å²) < 4.78 is 0. The molecule has 0 unspecified atom stereocenters. The molecule has 6 N–H and O–H groups in total. The van der Waals surface area contributed by atoms with E-state index in [-0.39, 0.29) is 25.0 Å². The first kappa shape index (κ1) is 49.0. The maximum Gasteiger partial charge on any atom is 0.326 e. The van der Waals surface area contributed by atoms with Crippen LogP contribution < -0.4 is 16.0 Å². The number of Topliss-reactive ketones (excluding diaryl/α,β-unsaturated/α-hetero) is 4. The van der Waals surface area contributed by atoms with Crippen molar-refractivity contribution in [2.24, 2.45) is 17.8 Å². The minimum Gasteiger partial charge on any atom is -0.481 e. The van der Waals surface area contributed by atoms with Crippen molar-refractivity contribution >= 4 is 104 Å². The van der Waals surface area contributed by atoms with Gasteiger partial charge in [0, 0.05) is 66.3 Å². The van der Waals surface area contributed by atoms with Crippen LogP contribution in [-0.4, -0.2) is 92.2 Å². The topological polar surface area (TPSA) is 267 Å². The summed E-state index contributed by atoms with van der Waals surface area (Å²) in [7, 11) is 0. The lowest BCUT2D eigenvalue weighted by atomic mass is 9.92. The van der Waals surface area contributed by atoms with Gasteiger partial charge in [0.2, 0.25) is 11.8 Å². The van der Waals surface area contributed by atoms with Crippen LogP contribution in [0.4, 0.5) is 0 Å². The molecule has 0 saturated carbocycles. The summed E-state index contributed by atoms with van der Waals surface area (Å²) in [4.78, 5) is 128. The van der Waals surface area contributed by atoms with Gasteiger partial charge >= 0.3 is 17.9 Å². The average molecular weight is 928 g/mol. The molecule has 20 heteroatoms. The van der Waals surface area contributed by atoms with E-state index in [2.05, 4.69) is 16.0 Å². The van der Waals surface area contributed by atoms with E-state index in [0.29, 0.717) is 9.75 Å². The molecule has 0 fully saturated rings. The Morgan fingerprint density at radius 3 is 1.42 bits per heavy atom. The van der Waals surface area contributed by atoms with Gasteiger partial charge in [-0.2, -0.15) is 0 Å². The monoisotopic (exact) mass is 927 g/mol. The van der Waals surface area contributed by atoms with Crippen LogP contribution >= 0.6 is 45.3 Å². The Bertz CT molecular complexity index is 2210. The highest BCUT2D eigenvalue weighted by Crippen LogP contribution is 2.43. The quantitative estimate of drug-likeness (QED) is 0.0438. The van der Waals surface area contributed by atoms with Crippen molar-refractivity contribution in [1.29, 1.82) is 0 Å². The van der Waals surface area contributed by atoms with E-state index in [9.17, 15) is 53.1 Å². The molecule has 330 valence electrons. The maximum absolute atomic E-state index is 13.2. The van der Waals surface area contributed by atoms with Crippen LogP contribution in [0.3, 0.4) is 0 Å². The number of nitrogens with one attached hydrogen (secondary N) is 3. The lowest BCUT2D eigenvalue weighted by molar-refractivity contribution is -0.147. The highest BCUT2D eigenvalue weighted by Gasteiger charge is 2.29. The number of amides is 3. The molecule has 0 aromatic carbocycles. The van der Waals surface area contributed by atoms with E-state index in [1.807, 2.05) is 30.3 Å². The molecule has 4 aromatic rings. The molecule has 0 spiro atoms. The predicted octanol–water partition coefficient (Wildman–Crippen LogP) is 6.04. The second-order valence-electron chi connectivity index (χ2n) is 14.8. The van der Waals surface area contributed by atoms with Gasteiger partial charge in [-0.1, -0.05) is 13.8 Å². The molecule has 4 aromatic heterocycles. The van der Waals surface area contributed by atoms with Crippen molar-refractivity contribution in [2.45, 2.75) is 84.8 Å². The Labute approximate surface area is 371 Å². The second-order valence-corrected chi connectivity index (χ2v) is 19.1. The lowest BCUT2D eigenvalue weighted by Gasteiger charge is -2.18. The van der Waals surface area contributed by atoms with Crippen LogP contribution in [0, 0.1) is 17.8 Å². The number of rotatable bonds is 24. The Morgan fingerprint density at radius 2 is 0.919 bits per heavy atom. The third kappa shape index (κ3) is 13.7. The van der Waals surface area contributed by atoms with Crippen molar-refractivity contribution < 1.29 is 63.3 Å². The first-order valence-electron chi connectivity index (χ1n) is 19.2. The van der Waals surface area contributed by atoms with Gasteiger partial charge in [-0.15, -0.1) is 45.3 Å². The van der Waals surface area contributed by atoms with Gasteiger partial charge in [-0.05, 0) is 69.3 Å². The molecule has 0 aliphatic carbocycles. The van der Waals surface area contributed by atoms with E-state index in [1.165, 1.54) is 73.0 Å². The molecule has 62 heavy (non-hydrogen) atoms. The average Bonchev–Trinajstić information content (AvgIpc) is 4.03. The number of hydrogen-bond donors (Lipinski definition) is 6. The molecule has 4 heterocycles. The van der Waals surface area contributed by atoms with E-state index >= 15 is 0 Å². The van der Waals surface area contributed by atoms with E-state index < -0.39 is 102 Å². The van der Waals surface area contributed by atoms with Crippen LogP contribution in [-0.2, 0) is 38.4 Å². The number of carbonyl (C=O) groups excluding carboxylic acids is 7. The van der Waals surface area contributed by atoms with Gasteiger partial charge in [0.05, 0.1) is 34.7 Å². The molecular formula is C42H45N3O13S4. The maximum atomic E-state index is 13.2. The van der Waals surface area contributed by atoms with Gasteiger partial charge in [-0.3, -0.25) is 43.2 Å². The fourth-order valence-electron chi connectivity index (χ4n) is 5.92. The molecule has 0 aliphatic heterocycles. The molecular weight excluding hydrogens is 883 g/mol. The minimum absolute atomic E-state index is 0.102. The molecule has 16 nitrogen and oxygen atoms in total. The summed E-state index contributed by atoms with van der Waals surface area (Å²) in [5.41, 5.74) is 0. The van der Waals surface area contributed by atoms with Gasteiger partial charge < -0.3 is 31.3 Å². The van der Waals surface area contributed by atoms with E-state index in [1.54, 1.807) is 25.1 Å². The highest BCUT2D eigenvalue weighted by molar-refractivity contribution is 7.29. The van der Waals surface area contributed by atoms with Crippen LogP contribution in [0.5, 0.6) is 0 Å². The van der Waals surface area contributed by atoms with E-state index in [0.717, 1.165) is 29.3 Å². The number of hydrogen-bond acceptors (Lipinski definition) is 14. The van der Waals surface area contributed by atoms with Crippen LogP contribution in [0.1, 0.15) is 86.1 Å². The van der Waals surface area contributed by atoms with Gasteiger partial charge in [0.15, 0.2) is 17.3 Å². The Hall–Kier alpha value is -5.70. The standard InChI is InChI=1S/C42H45N3O13S4/c1-19(40(55)45-25(42(57)58)18-38(52)53)14-26(47)21(3)44-41(56)36-13-12-35(62-36)34-11-10-33(61-34)32-9-8-31(60-32)30-7-6-29(59-30)28(49)15-20(2)39(54)43-22(4)27(48)16-24(23(5)46)17-37(50)51/h6-13,19-22,24-25H,14-18H2,1-5H3,(H,43,54)(H,44,56)(H,45,55)(H,50,51)(H,52,53)(H,57,58)/t19-,20-,21+,22+,24+,25+/m1/s1. The van der Waals surface area contributed by atoms with Crippen LogP contribution in [0.15, 0.2) is 48.5 Å². The number of carbonyl (C=O) groups is 10. The SMILES string of the molecule is CC(=O)[C@H](CC(=O)O)CC(=O)[C@H](C)NC(=O)[C@H](C)CC(=O)c1ccc(-c2ccc(-c3ccc(-c4ccc(C(=O)N[C@@H](C)C(=O)C[C@@H](C)C(=O)N[C@@H](CC(=O)O)C(=O)O)s4)s3)s2)s1. The number of ketones is 4. The largest absolute Gasteiger partial charge is 0.481 e. The zero-order valence-corrected chi connectivity index (χ0v) is 37.4. The molecule has 4 rings (SSSR count). The number of aliphatic carboxylic acids is 3. The Kier molecular flexibility index (Phi) is 17.3. The van der Waals surface area contributed by atoms with Crippen molar-refractivity contribution in [3.63, 3.8) is 0 Å². The molecule has 0 aliphatic rings. The Balaban J connectivity index is 1.30. The van der Waals surface area contributed by atoms with Crippen molar-refractivity contribution in [2.75, 3.05) is 0 Å². The van der Waals surface area contributed by atoms with Crippen LogP contribution in [0.2, 0.25) is 0 Å². The van der Waals surface area contributed by atoms with Crippen molar-refractivity contribution in [3.05, 3.63) is 58.3 Å². The summed E-state index contributed by atoms with van der Waals surface area (Å²) in [6.45, 7) is 7.11. The highest BCUT2D eigenvalue weighted by atomic mass is 32.1. The minimum atomic E-state index is -1.65. The smallest absolute Gasteiger partial charge is 0.326 e. The third-order valence-electron chi connectivity index (χ3n) is 9.65. The van der Waals surface area contributed by atoms with Crippen molar-refractivity contribution in [1.82, 2.24) is 16.0 Å². The third-order valence-corrected chi connectivity index (χ3v) is 14.6. The number of thiophene rings is 4. The predicted molar refractivity (Wildman–Crippen MR) is 234 cm³/mol. The summed E-state index contributed by atoms with van der Waals surface area (Å²) in [5, 5.41) is 34.4. The molecule has 0 radical (unpaired) electrons. The first-order valence-corrected chi connectivity index (χ1v) is 22.5. The fourth-order valence-corrected chi connectivity index (χ4v) is 10.1. The number of carboxylic acid groups (broad SMARTS) is 3. The summed E-state index contributed by atoms with van der Waals surface area (Å²) in [6.07, 6.45) is -2.03. The Morgan fingerprint density at radius 1 is 0.500 bits per heavy atom. The zero-order valence-electron chi connectivity index (χ0n) is 34.2. The summed E-state index contributed by atoms with van der Waals surface area (Å²) in [5.74, 6) is -10.3. The van der Waals surface area contributed by atoms with Crippen LogP contribution in [0.25, 0.3) is 29.3 Å². The van der Waals surface area contributed by atoms with Gasteiger partial charge in [-0.25, -0.2) is 4.79 Å². The zero-order chi connectivity index (χ0) is 46.0. The molecule has 0 bridgehead atoms. The summed E-state index contributed by atoms with van der Waals surface area (Å²) in [6, 6.07) is 11.2. The molecule has 6 atom stereocenters. The first-order chi connectivity index (χ1) is 29.1. The number of carboxylic acids is 3. The van der Waals surface area contributed by atoms with E-state index in [4.69, 9.17) is 10.2 Å². The van der Waals surface area contributed by atoms with Gasteiger partial charge in [0.25, 0.3) is 5.91 Å². The van der Waals surface area contributed by atoms with Gasteiger partial charge in [0.1, 0.15) is 11.8 Å². The fraction of sp³-hybridized carbons (Fsp3) is 0.381. The summed E-state index contributed by atoms with van der Waals surface area (Å²) >= 11 is 5.59. The molecule has 0 saturated heterocycles. The van der Waals surface area contributed by atoms with Crippen molar-refractivity contribution in [3.8, 4) is 29.3 Å². The normalized spacial score (nSPS) is 14.0.